The number of hydrogen-bond acceptors (Lipinski definition) is 3. The van der Waals surface area contributed by atoms with Gasteiger partial charge in [0.25, 0.3) is 0 Å². The minimum absolute atomic E-state index is 0.00318. The van der Waals surface area contributed by atoms with E-state index in [4.69, 9.17) is 4.74 Å². The second-order valence-electron chi connectivity index (χ2n) is 5.86. The maximum atomic E-state index is 14.1. The van der Waals surface area contributed by atoms with Crippen molar-refractivity contribution in [2.75, 3.05) is 13.2 Å². The molecule has 22 heavy (non-hydrogen) atoms. The number of nitrogens with zero attached hydrogens (tertiary/aromatic N) is 2. The van der Waals surface area contributed by atoms with E-state index in [-0.39, 0.29) is 29.7 Å². The van der Waals surface area contributed by atoms with Crippen LogP contribution in [0.15, 0.2) is 18.2 Å². The SMILES string of the molecule is CC(C)c1c(-c2c(F)cccc2F)nn2c1OCC(CO)C2. The summed E-state index contributed by atoms with van der Waals surface area (Å²) in [6.07, 6.45) is 0. The molecule has 1 aromatic carbocycles. The number of fused-ring (bicyclic) bond motifs is 1. The molecule has 2 aromatic rings. The van der Waals surface area contributed by atoms with E-state index < -0.39 is 11.6 Å². The van der Waals surface area contributed by atoms with E-state index in [1.165, 1.54) is 18.2 Å². The molecular weight excluding hydrogens is 290 g/mol. The number of rotatable bonds is 3. The number of aliphatic hydroxyl groups is 1. The number of ether oxygens (including phenoxy) is 1. The van der Waals surface area contributed by atoms with Crippen molar-refractivity contribution < 1.29 is 18.6 Å². The minimum Gasteiger partial charge on any atom is -0.477 e. The molecule has 1 unspecified atom stereocenters. The van der Waals surface area contributed by atoms with Crippen LogP contribution in [0.4, 0.5) is 8.78 Å². The van der Waals surface area contributed by atoms with Gasteiger partial charge in [-0.2, -0.15) is 5.10 Å². The van der Waals surface area contributed by atoms with Gasteiger partial charge in [0.05, 0.1) is 25.3 Å². The van der Waals surface area contributed by atoms with Gasteiger partial charge in [-0.3, -0.25) is 0 Å². The smallest absolute Gasteiger partial charge is 0.215 e. The molecule has 1 aliphatic heterocycles. The average Bonchev–Trinajstić information content (AvgIpc) is 2.84. The van der Waals surface area contributed by atoms with Gasteiger partial charge in [0.15, 0.2) is 0 Å². The molecule has 0 saturated carbocycles. The van der Waals surface area contributed by atoms with E-state index in [0.717, 1.165) is 0 Å². The van der Waals surface area contributed by atoms with Crippen molar-refractivity contribution in [1.29, 1.82) is 0 Å². The zero-order valence-corrected chi connectivity index (χ0v) is 12.5. The highest BCUT2D eigenvalue weighted by molar-refractivity contribution is 5.67. The lowest BCUT2D eigenvalue weighted by atomic mass is 9.98. The quantitative estimate of drug-likeness (QED) is 0.948. The first-order valence-corrected chi connectivity index (χ1v) is 7.31. The predicted molar refractivity (Wildman–Crippen MR) is 77.7 cm³/mol. The topological polar surface area (TPSA) is 47.3 Å². The lowest BCUT2D eigenvalue weighted by Crippen LogP contribution is -2.28. The Labute approximate surface area is 127 Å². The summed E-state index contributed by atoms with van der Waals surface area (Å²) in [6.45, 7) is 4.70. The standard InChI is InChI=1S/C16H18F2N2O2/c1-9(2)13-15(14-11(17)4-3-5-12(14)18)19-20-6-10(7-21)8-22-16(13)20/h3-5,9-10,21H,6-8H2,1-2H3. The Balaban J connectivity index is 2.18. The zero-order valence-electron chi connectivity index (χ0n) is 12.5. The largest absolute Gasteiger partial charge is 0.477 e. The van der Waals surface area contributed by atoms with Crippen molar-refractivity contribution in [3.05, 3.63) is 35.4 Å². The molecule has 1 aromatic heterocycles. The second-order valence-corrected chi connectivity index (χ2v) is 5.86. The second kappa shape index (κ2) is 5.68. The molecule has 3 rings (SSSR count). The number of halogens is 2. The summed E-state index contributed by atoms with van der Waals surface area (Å²) in [7, 11) is 0. The van der Waals surface area contributed by atoms with Gasteiger partial charge in [-0.1, -0.05) is 19.9 Å². The Morgan fingerprint density at radius 1 is 1.36 bits per heavy atom. The highest BCUT2D eigenvalue weighted by atomic mass is 19.1. The van der Waals surface area contributed by atoms with Crippen LogP contribution in [0.1, 0.15) is 25.3 Å². The van der Waals surface area contributed by atoms with Gasteiger partial charge in [0.1, 0.15) is 17.3 Å². The van der Waals surface area contributed by atoms with Crippen LogP contribution in [-0.4, -0.2) is 28.1 Å². The predicted octanol–water partition coefficient (Wildman–Crippen LogP) is 2.95. The van der Waals surface area contributed by atoms with Gasteiger partial charge in [-0.05, 0) is 18.1 Å². The molecule has 0 amide bonds. The van der Waals surface area contributed by atoms with Crippen LogP contribution >= 0.6 is 0 Å². The van der Waals surface area contributed by atoms with Crippen molar-refractivity contribution in [2.24, 2.45) is 5.92 Å². The van der Waals surface area contributed by atoms with Crippen LogP contribution < -0.4 is 4.74 Å². The third-order valence-electron chi connectivity index (χ3n) is 3.86. The van der Waals surface area contributed by atoms with Gasteiger partial charge in [-0.15, -0.1) is 0 Å². The number of aliphatic hydroxyl groups excluding tert-OH is 1. The van der Waals surface area contributed by atoms with Crippen LogP contribution in [0.2, 0.25) is 0 Å². The minimum atomic E-state index is -0.643. The van der Waals surface area contributed by atoms with E-state index >= 15 is 0 Å². The number of aromatic nitrogens is 2. The molecule has 6 heteroatoms. The monoisotopic (exact) mass is 308 g/mol. The Morgan fingerprint density at radius 2 is 2.05 bits per heavy atom. The van der Waals surface area contributed by atoms with Gasteiger partial charge < -0.3 is 9.84 Å². The van der Waals surface area contributed by atoms with E-state index in [2.05, 4.69) is 5.10 Å². The molecule has 0 aliphatic carbocycles. The molecule has 0 radical (unpaired) electrons. The van der Waals surface area contributed by atoms with Crippen molar-refractivity contribution in [1.82, 2.24) is 9.78 Å². The fourth-order valence-corrected chi connectivity index (χ4v) is 2.77. The highest BCUT2D eigenvalue weighted by Crippen LogP contribution is 2.39. The Kier molecular flexibility index (Phi) is 3.87. The molecular formula is C16H18F2N2O2. The van der Waals surface area contributed by atoms with Gasteiger partial charge in [-0.25, -0.2) is 13.5 Å². The Bertz CT molecular complexity index is 677. The van der Waals surface area contributed by atoms with Crippen LogP contribution in [0, 0.1) is 17.6 Å². The highest BCUT2D eigenvalue weighted by Gasteiger charge is 2.30. The normalized spacial score (nSPS) is 17.5. The molecule has 1 N–H and O–H groups in total. The van der Waals surface area contributed by atoms with Gasteiger partial charge in [0.2, 0.25) is 5.88 Å². The van der Waals surface area contributed by atoms with Crippen molar-refractivity contribution >= 4 is 0 Å². The third-order valence-corrected chi connectivity index (χ3v) is 3.86. The summed E-state index contributed by atoms with van der Waals surface area (Å²) in [4.78, 5) is 0. The summed E-state index contributed by atoms with van der Waals surface area (Å²) in [6, 6.07) is 3.77. The molecule has 4 nitrogen and oxygen atoms in total. The van der Waals surface area contributed by atoms with Crippen molar-refractivity contribution in [3.63, 3.8) is 0 Å². The lowest BCUT2D eigenvalue weighted by molar-refractivity contribution is 0.107. The number of hydrogen-bond donors (Lipinski definition) is 1. The Morgan fingerprint density at radius 3 is 2.64 bits per heavy atom. The molecule has 118 valence electrons. The lowest BCUT2D eigenvalue weighted by Gasteiger charge is -2.23. The molecule has 1 atom stereocenters. The summed E-state index contributed by atoms with van der Waals surface area (Å²) in [5.74, 6) is -0.807. The summed E-state index contributed by atoms with van der Waals surface area (Å²) in [5.41, 5.74) is 0.844. The number of benzene rings is 1. The van der Waals surface area contributed by atoms with E-state index in [9.17, 15) is 13.9 Å². The first kappa shape index (κ1) is 15.0. The maximum absolute atomic E-state index is 14.1. The van der Waals surface area contributed by atoms with E-state index in [1.807, 2.05) is 13.8 Å². The zero-order chi connectivity index (χ0) is 15.9. The summed E-state index contributed by atoms with van der Waals surface area (Å²) in [5, 5.41) is 13.6. The Hall–Kier alpha value is -1.95. The first-order chi connectivity index (χ1) is 10.5. The fourth-order valence-electron chi connectivity index (χ4n) is 2.77. The van der Waals surface area contributed by atoms with Crippen molar-refractivity contribution in [3.8, 4) is 17.1 Å². The van der Waals surface area contributed by atoms with E-state index in [0.29, 0.717) is 24.6 Å². The van der Waals surface area contributed by atoms with Crippen molar-refractivity contribution in [2.45, 2.75) is 26.3 Å². The summed E-state index contributed by atoms with van der Waals surface area (Å²) < 4.78 is 35.5. The molecule has 2 heterocycles. The molecule has 1 aliphatic rings. The van der Waals surface area contributed by atoms with E-state index in [1.54, 1.807) is 4.68 Å². The molecule has 0 fully saturated rings. The molecule has 0 bridgehead atoms. The average molecular weight is 308 g/mol. The van der Waals surface area contributed by atoms with Crippen LogP contribution in [0.25, 0.3) is 11.3 Å². The van der Waals surface area contributed by atoms with Crippen LogP contribution in [0.3, 0.4) is 0 Å². The fraction of sp³-hybridized carbons (Fsp3) is 0.438. The van der Waals surface area contributed by atoms with Gasteiger partial charge in [0, 0.05) is 11.5 Å². The van der Waals surface area contributed by atoms with Gasteiger partial charge >= 0.3 is 0 Å². The van der Waals surface area contributed by atoms with Crippen LogP contribution in [0.5, 0.6) is 5.88 Å². The molecule has 0 saturated heterocycles. The molecule has 0 spiro atoms. The summed E-state index contributed by atoms with van der Waals surface area (Å²) >= 11 is 0. The third kappa shape index (κ3) is 2.37. The van der Waals surface area contributed by atoms with Crippen LogP contribution in [-0.2, 0) is 6.54 Å². The maximum Gasteiger partial charge on any atom is 0.215 e. The first-order valence-electron chi connectivity index (χ1n) is 7.31.